The van der Waals surface area contributed by atoms with Gasteiger partial charge in [0.1, 0.15) is 0 Å². The first kappa shape index (κ1) is 14.0. The highest BCUT2D eigenvalue weighted by Gasteiger charge is 2.45. The molecule has 1 aromatic carbocycles. The first-order valence-corrected chi connectivity index (χ1v) is 6.35. The molecule has 4 nitrogen and oxygen atoms in total. The predicted molar refractivity (Wildman–Crippen MR) is 75.7 cm³/mol. The third-order valence-electron chi connectivity index (χ3n) is 3.76. The summed E-state index contributed by atoms with van der Waals surface area (Å²) in [6, 6.07) is 5.56. The molecule has 1 amide bonds. The Morgan fingerprint density at radius 3 is 2.68 bits per heavy atom. The molecule has 5 heteroatoms. The van der Waals surface area contributed by atoms with Gasteiger partial charge in [-0.2, -0.15) is 0 Å². The van der Waals surface area contributed by atoms with Gasteiger partial charge in [0.05, 0.1) is 5.54 Å². The highest BCUT2D eigenvalue weighted by Crippen LogP contribution is 2.33. The van der Waals surface area contributed by atoms with E-state index in [1.165, 1.54) is 0 Å². The largest absolute Gasteiger partial charge is 0.324 e. The van der Waals surface area contributed by atoms with E-state index in [0.717, 1.165) is 36.8 Å². The van der Waals surface area contributed by atoms with E-state index in [-0.39, 0.29) is 24.1 Å². The van der Waals surface area contributed by atoms with E-state index in [0.29, 0.717) is 12.1 Å². The number of nitrogens with two attached hydrogens (primary N) is 1. The van der Waals surface area contributed by atoms with Crippen LogP contribution in [0, 0.1) is 0 Å². The standard InChI is InChI=1S/C14H16N2O2.ClH/c15-14(6-7-14)13(18)16-10-5-4-9-2-1-3-12(17)11(9)8-10;/h4-5,8H,1-3,6-7,15H2,(H,16,18);1H. The summed E-state index contributed by atoms with van der Waals surface area (Å²) in [7, 11) is 0. The zero-order valence-corrected chi connectivity index (χ0v) is 11.4. The molecular weight excluding hydrogens is 264 g/mol. The second-order valence-corrected chi connectivity index (χ2v) is 5.26. The van der Waals surface area contributed by atoms with Crippen molar-refractivity contribution in [1.29, 1.82) is 0 Å². The Hall–Kier alpha value is -1.39. The molecule has 1 saturated carbocycles. The Morgan fingerprint density at radius 1 is 1.26 bits per heavy atom. The SMILES string of the molecule is Cl.NC1(C(=O)Nc2ccc3c(c2)C(=O)CCC3)CC1. The number of amides is 1. The summed E-state index contributed by atoms with van der Waals surface area (Å²) < 4.78 is 0. The summed E-state index contributed by atoms with van der Waals surface area (Å²) in [6.45, 7) is 0. The second kappa shape index (κ2) is 4.94. The van der Waals surface area contributed by atoms with E-state index in [9.17, 15) is 9.59 Å². The predicted octanol–water partition coefficient (Wildman–Crippen LogP) is 2.06. The minimum Gasteiger partial charge on any atom is -0.324 e. The van der Waals surface area contributed by atoms with Gasteiger partial charge < -0.3 is 11.1 Å². The maximum Gasteiger partial charge on any atom is 0.244 e. The Kier molecular flexibility index (Phi) is 3.65. The topological polar surface area (TPSA) is 72.2 Å². The average Bonchev–Trinajstić information content (AvgIpc) is 3.10. The lowest BCUT2D eigenvalue weighted by Gasteiger charge is -2.16. The van der Waals surface area contributed by atoms with Crippen molar-refractivity contribution in [2.24, 2.45) is 5.73 Å². The molecule has 2 aliphatic rings. The molecule has 0 radical (unpaired) electrons. The fraction of sp³-hybridized carbons (Fsp3) is 0.429. The number of carbonyl (C=O) groups is 2. The van der Waals surface area contributed by atoms with Gasteiger partial charge in [0.25, 0.3) is 0 Å². The van der Waals surface area contributed by atoms with Gasteiger partial charge in [-0.3, -0.25) is 9.59 Å². The van der Waals surface area contributed by atoms with E-state index < -0.39 is 5.54 Å². The second-order valence-electron chi connectivity index (χ2n) is 5.26. The Morgan fingerprint density at radius 2 is 2.00 bits per heavy atom. The average molecular weight is 281 g/mol. The zero-order chi connectivity index (χ0) is 12.8. The van der Waals surface area contributed by atoms with Crippen LogP contribution in [0.5, 0.6) is 0 Å². The first-order valence-electron chi connectivity index (χ1n) is 6.35. The van der Waals surface area contributed by atoms with Crippen LogP contribution in [-0.4, -0.2) is 17.2 Å². The van der Waals surface area contributed by atoms with Gasteiger partial charge in [-0.1, -0.05) is 6.07 Å². The third kappa shape index (κ3) is 2.65. The first-order chi connectivity index (χ1) is 8.58. The molecule has 3 N–H and O–H groups in total. The lowest BCUT2D eigenvalue weighted by atomic mass is 9.90. The number of carbonyl (C=O) groups excluding carboxylic acids is 2. The van der Waals surface area contributed by atoms with Crippen molar-refractivity contribution in [3.63, 3.8) is 0 Å². The maximum absolute atomic E-state index is 11.8. The molecule has 0 aliphatic heterocycles. The molecule has 0 heterocycles. The number of anilines is 1. The van der Waals surface area contributed by atoms with Gasteiger partial charge in [-0.15, -0.1) is 12.4 Å². The number of Topliss-reactive ketones (excluding diaryl/α,β-unsaturated/α-hetero) is 1. The minimum atomic E-state index is -0.681. The van der Waals surface area contributed by atoms with Crippen molar-refractivity contribution >= 4 is 29.8 Å². The monoisotopic (exact) mass is 280 g/mol. The molecule has 1 fully saturated rings. The molecule has 102 valence electrons. The molecular formula is C14H17ClN2O2. The fourth-order valence-corrected chi connectivity index (χ4v) is 2.32. The number of halogens is 1. The summed E-state index contributed by atoms with van der Waals surface area (Å²) in [5.41, 5.74) is 7.65. The number of fused-ring (bicyclic) bond motifs is 1. The van der Waals surface area contributed by atoms with Gasteiger partial charge in [0.2, 0.25) is 5.91 Å². The number of hydrogen-bond acceptors (Lipinski definition) is 3. The van der Waals surface area contributed by atoms with Crippen LogP contribution in [0.2, 0.25) is 0 Å². The normalized spacial score (nSPS) is 19.1. The van der Waals surface area contributed by atoms with E-state index in [1.807, 2.05) is 12.1 Å². The molecule has 0 unspecified atom stereocenters. The minimum absolute atomic E-state index is 0. The van der Waals surface area contributed by atoms with Crippen LogP contribution in [0.25, 0.3) is 0 Å². The number of rotatable bonds is 2. The van der Waals surface area contributed by atoms with Gasteiger partial charge in [-0.25, -0.2) is 0 Å². The van der Waals surface area contributed by atoms with Crippen LogP contribution in [0.1, 0.15) is 41.6 Å². The van der Waals surface area contributed by atoms with E-state index in [4.69, 9.17) is 5.73 Å². The van der Waals surface area contributed by atoms with Crippen molar-refractivity contribution in [3.05, 3.63) is 29.3 Å². The van der Waals surface area contributed by atoms with Gasteiger partial charge in [0.15, 0.2) is 5.78 Å². The van der Waals surface area contributed by atoms with Crippen LogP contribution in [0.4, 0.5) is 5.69 Å². The number of benzene rings is 1. The van der Waals surface area contributed by atoms with Crippen molar-refractivity contribution in [1.82, 2.24) is 0 Å². The van der Waals surface area contributed by atoms with Gasteiger partial charge >= 0.3 is 0 Å². The van der Waals surface area contributed by atoms with Gasteiger partial charge in [-0.05, 0) is 43.4 Å². The summed E-state index contributed by atoms with van der Waals surface area (Å²) in [5, 5.41) is 2.80. The van der Waals surface area contributed by atoms with Crippen LogP contribution >= 0.6 is 12.4 Å². The van der Waals surface area contributed by atoms with Gasteiger partial charge in [0, 0.05) is 17.7 Å². The van der Waals surface area contributed by atoms with E-state index >= 15 is 0 Å². The molecule has 1 aromatic rings. The molecule has 0 bridgehead atoms. The van der Waals surface area contributed by atoms with Crippen molar-refractivity contribution < 1.29 is 9.59 Å². The molecule has 3 rings (SSSR count). The highest BCUT2D eigenvalue weighted by molar-refractivity contribution is 6.03. The van der Waals surface area contributed by atoms with Crippen molar-refractivity contribution in [3.8, 4) is 0 Å². The fourth-order valence-electron chi connectivity index (χ4n) is 2.32. The summed E-state index contributed by atoms with van der Waals surface area (Å²) in [4.78, 5) is 23.6. The quantitative estimate of drug-likeness (QED) is 0.871. The Bertz CT molecular complexity index is 538. The Labute approximate surface area is 118 Å². The number of hydrogen-bond donors (Lipinski definition) is 2. The maximum atomic E-state index is 11.8. The van der Waals surface area contributed by atoms with E-state index in [2.05, 4.69) is 5.32 Å². The molecule has 19 heavy (non-hydrogen) atoms. The molecule has 0 saturated heterocycles. The molecule has 0 spiro atoms. The van der Waals surface area contributed by atoms with Crippen LogP contribution < -0.4 is 11.1 Å². The molecule has 0 aromatic heterocycles. The zero-order valence-electron chi connectivity index (χ0n) is 10.6. The van der Waals surface area contributed by atoms with Crippen molar-refractivity contribution in [2.45, 2.75) is 37.6 Å². The summed E-state index contributed by atoms with van der Waals surface area (Å²) >= 11 is 0. The van der Waals surface area contributed by atoms with Crippen molar-refractivity contribution in [2.75, 3.05) is 5.32 Å². The summed E-state index contributed by atoms with van der Waals surface area (Å²) in [6.07, 6.45) is 3.94. The molecule has 0 atom stereocenters. The lowest BCUT2D eigenvalue weighted by molar-refractivity contribution is -0.118. The number of aryl methyl sites for hydroxylation is 1. The lowest BCUT2D eigenvalue weighted by Crippen LogP contribution is -2.37. The number of ketones is 1. The van der Waals surface area contributed by atoms with Crippen LogP contribution in [0.15, 0.2) is 18.2 Å². The molecule has 2 aliphatic carbocycles. The summed E-state index contributed by atoms with van der Waals surface area (Å²) in [5.74, 6) is 0.0203. The van der Waals surface area contributed by atoms with E-state index in [1.54, 1.807) is 6.07 Å². The smallest absolute Gasteiger partial charge is 0.244 e. The number of nitrogens with one attached hydrogen (secondary N) is 1. The Balaban J connectivity index is 0.00000133. The third-order valence-corrected chi connectivity index (χ3v) is 3.76. The van der Waals surface area contributed by atoms with Crippen LogP contribution in [-0.2, 0) is 11.2 Å². The highest BCUT2D eigenvalue weighted by atomic mass is 35.5. The van der Waals surface area contributed by atoms with Crippen LogP contribution in [0.3, 0.4) is 0 Å².